The molecule has 2 aliphatic heterocycles. The third kappa shape index (κ3) is 4.09. The van der Waals surface area contributed by atoms with Crippen LogP contribution in [0, 0.1) is 5.92 Å². The second kappa shape index (κ2) is 7.11. The maximum absolute atomic E-state index is 12.2. The van der Waals surface area contributed by atoms with E-state index in [1.165, 1.54) is 19.3 Å². The Balaban J connectivity index is 1.85. The number of carbonyl (C=O) groups excluding carboxylic acids is 1. The molecule has 2 heterocycles. The Morgan fingerprint density at radius 2 is 1.81 bits per heavy atom. The van der Waals surface area contributed by atoms with Gasteiger partial charge in [-0.3, -0.25) is 4.90 Å². The maximum atomic E-state index is 12.2. The molecule has 0 aromatic carbocycles. The molecule has 0 radical (unpaired) electrons. The van der Waals surface area contributed by atoms with Gasteiger partial charge in [-0.15, -0.1) is 0 Å². The first kappa shape index (κ1) is 16.1. The average molecular weight is 297 g/mol. The molecule has 2 fully saturated rings. The molecule has 2 saturated heterocycles. The number of piperidine rings is 1. The first-order valence-corrected chi connectivity index (χ1v) is 8.01. The van der Waals surface area contributed by atoms with Gasteiger partial charge in [-0.25, -0.2) is 9.59 Å². The summed E-state index contributed by atoms with van der Waals surface area (Å²) >= 11 is 0. The van der Waals surface area contributed by atoms with Crippen molar-refractivity contribution in [2.45, 2.75) is 51.6 Å². The van der Waals surface area contributed by atoms with Gasteiger partial charge in [0.05, 0.1) is 0 Å². The Morgan fingerprint density at radius 3 is 2.38 bits per heavy atom. The molecule has 6 nitrogen and oxygen atoms in total. The van der Waals surface area contributed by atoms with Crippen LogP contribution < -0.4 is 5.32 Å². The number of carboxylic acid groups (broad SMARTS) is 1. The largest absolute Gasteiger partial charge is 0.480 e. The first-order chi connectivity index (χ1) is 9.99. The highest BCUT2D eigenvalue weighted by molar-refractivity contribution is 5.82. The lowest BCUT2D eigenvalue weighted by Gasteiger charge is -2.32. The molecule has 0 aromatic heterocycles. The fourth-order valence-corrected chi connectivity index (χ4v) is 3.25. The summed E-state index contributed by atoms with van der Waals surface area (Å²) in [4.78, 5) is 27.6. The highest BCUT2D eigenvalue weighted by atomic mass is 16.4. The summed E-state index contributed by atoms with van der Waals surface area (Å²) in [5.74, 6) is -1.09. The Kier molecular flexibility index (Phi) is 5.45. The van der Waals surface area contributed by atoms with Crippen LogP contribution >= 0.6 is 0 Å². The Morgan fingerprint density at radius 1 is 1.14 bits per heavy atom. The number of nitrogens with zero attached hydrogens (tertiary/aromatic N) is 2. The number of hydrogen-bond donors (Lipinski definition) is 2. The lowest BCUT2D eigenvalue weighted by Crippen LogP contribution is -2.50. The standard InChI is InChI=1S/C15H27N3O3/c1-11(2)13(14(19)20)16-15(21)18-9-6-12(10-18)17-7-4-3-5-8-17/h11-13H,3-10H2,1-2H3,(H,16,21)(H,19,20)/t12?,13-/m1/s1. The number of aliphatic carboxylic acids is 1. The molecular weight excluding hydrogens is 270 g/mol. The molecule has 120 valence electrons. The summed E-state index contributed by atoms with van der Waals surface area (Å²) < 4.78 is 0. The van der Waals surface area contributed by atoms with Crippen molar-refractivity contribution in [2.75, 3.05) is 26.2 Å². The van der Waals surface area contributed by atoms with Crippen LogP contribution in [0.5, 0.6) is 0 Å². The number of hydrogen-bond acceptors (Lipinski definition) is 3. The SMILES string of the molecule is CC(C)[C@@H](NC(=O)N1CCC(N2CCCCC2)C1)C(=O)O. The smallest absolute Gasteiger partial charge is 0.326 e. The molecule has 2 amide bonds. The molecule has 2 rings (SSSR count). The Labute approximate surface area is 126 Å². The normalized spacial score (nSPS) is 25.1. The van der Waals surface area contributed by atoms with Crippen LogP contribution in [-0.2, 0) is 4.79 Å². The Hall–Kier alpha value is -1.30. The van der Waals surface area contributed by atoms with E-state index in [0.717, 1.165) is 32.6 Å². The number of urea groups is 1. The van der Waals surface area contributed by atoms with Gasteiger partial charge in [0.15, 0.2) is 0 Å². The van der Waals surface area contributed by atoms with Crippen LogP contribution in [0.2, 0.25) is 0 Å². The van der Waals surface area contributed by atoms with E-state index in [9.17, 15) is 9.59 Å². The first-order valence-electron chi connectivity index (χ1n) is 8.01. The molecule has 0 aromatic rings. The van der Waals surface area contributed by atoms with E-state index < -0.39 is 12.0 Å². The van der Waals surface area contributed by atoms with Crippen LogP contribution in [0.1, 0.15) is 39.5 Å². The summed E-state index contributed by atoms with van der Waals surface area (Å²) in [7, 11) is 0. The monoisotopic (exact) mass is 297 g/mol. The van der Waals surface area contributed by atoms with Crippen molar-refractivity contribution in [1.82, 2.24) is 15.1 Å². The van der Waals surface area contributed by atoms with Crippen LogP contribution in [0.3, 0.4) is 0 Å². The van der Waals surface area contributed by atoms with E-state index in [2.05, 4.69) is 10.2 Å². The van der Waals surface area contributed by atoms with Crippen molar-refractivity contribution >= 4 is 12.0 Å². The third-order valence-electron chi connectivity index (χ3n) is 4.57. The predicted molar refractivity (Wildman–Crippen MR) is 80.2 cm³/mol. The van der Waals surface area contributed by atoms with Gasteiger partial charge in [-0.1, -0.05) is 20.3 Å². The highest BCUT2D eigenvalue weighted by Crippen LogP contribution is 2.20. The number of likely N-dealkylation sites (tertiary alicyclic amines) is 2. The van der Waals surface area contributed by atoms with Gasteiger partial charge in [0.1, 0.15) is 6.04 Å². The molecule has 1 unspecified atom stereocenters. The van der Waals surface area contributed by atoms with E-state index in [1.54, 1.807) is 18.7 Å². The van der Waals surface area contributed by atoms with E-state index >= 15 is 0 Å². The van der Waals surface area contributed by atoms with Gasteiger partial charge >= 0.3 is 12.0 Å². The van der Waals surface area contributed by atoms with Crippen LogP contribution in [0.15, 0.2) is 0 Å². The number of carboxylic acids is 1. The molecular formula is C15H27N3O3. The summed E-state index contributed by atoms with van der Waals surface area (Å²) in [6.07, 6.45) is 4.79. The maximum Gasteiger partial charge on any atom is 0.326 e. The van der Waals surface area contributed by atoms with Gasteiger partial charge in [-0.05, 0) is 38.3 Å². The minimum Gasteiger partial charge on any atom is -0.480 e. The second-order valence-corrected chi connectivity index (χ2v) is 6.49. The number of amides is 2. The van der Waals surface area contributed by atoms with E-state index in [0.29, 0.717) is 6.04 Å². The molecule has 0 spiro atoms. The zero-order valence-electron chi connectivity index (χ0n) is 13.0. The lowest BCUT2D eigenvalue weighted by atomic mass is 10.1. The molecule has 21 heavy (non-hydrogen) atoms. The zero-order chi connectivity index (χ0) is 15.4. The quantitative estimate of drug-likeness (QED) is 0.822. The molecule has 6 heteroatoms. The minimum atomic E-state index is -0.967. The van der Waals surface area contributed by atoms with Crippen molar-refractivity contribution in [3.63, 3.8) is 0 Å². The van der Waals surface area contributed by atoms with Crippen molar-refractivity contribution in [3.05, 3.63) is 0 Å². The summed E-state index contributed by atoms with van der Waals surface area (Å²) in [5, 5.41) is 11.8. The lowest BCUT2D eigenvalue weighted by molar-refractivity contribution is -0.140. The number of rotatable bonds is 4. The third-order valence-corrected chi connectivity index (χ3v) is 4.57. The van der Waals surface area contributed by atoms with Crippen LogP contribution in [0.25, 0.3) is 0 Å². The fourth-order valence-electron chi connectivity index (χ4n) is 3.25. The Bertz CT molecular complexity index is 380. The highest BCUT2D eigenvalue weighted by Gasteiger charge is 2.33. The van der Waals surface area contributed by atoms with E-state index in [4.69, 9.17) is 5.11 Å². The van der Waals surface area contributed by atoms with Crippen molar-refractivity contribution in [1.29, 1.82) is 0 Å². The summed E-state index contributed by atoms with van der Waals surface area (Å²) in [6.45, 7) is 7.31. The minimum absolute atomic E-state index is 0.119. The topological polar surface area (TPSA) is 72.9 Å². The molecule has 0 saturated carbocycles. The fraction of sp³-hybridized carbons (Fsp3) is 0.867. The number of carbonyl (C=O) groups is 2. The van der Waals surface area contributed by atoms with E-state index in [1.807, 2.05) is 0 Å². The predicted octanol–water partition coefficient (Wildman–Crippen LogP) is 1.37. The molecule has 0 aliphatic carbocycles. The summed E-state index contributed by atoms with van der Waals surface area (Å²) in [5.41, 5.74) is 0. The summed E-state index contributed by atoms with van der Waals surface area (Å²) in [6, 6.07) is -0.611. The number of nitrogens with one attached hydrogen (secondary N) is 1. The van der Waals surface area contributed by atoms with Crippen LogP contribution in [0.4, 0.5) is 4.79 Å². The molecule has 2 aliphatic rings. The van der Waals surface area contributed by atoms with Gasteiger partial charge in [0, 0.05) is 19.1 Å². The van der Waals surface area contributed by atoms with Crippen LogP contribution in [-0.4, -0.2) is 65.2 Å². The van der Waals surface area contributed by atoms with Gasteiger partial charge in [-0.2, -0.15) is 0 Å². The molecule has 2 N–H and O–H groups in total. The molecule has 0 bridgehead atoms. The zero-order valence-corrected chi connectivity index (χ0v) is 13.0. The second-order valence-electron chi connectivity index (χ2n) is 6.49. The van der Waals surface area contributed by atoms with Crippen molar-refractivity contribution in [2.24, 2.45) is 5.92 Å². The van der Waals surface area contributed by atoms with Crippen molar-refractivity contribution in [3.8, 4) is 0 Å². The molecule has 2 atom stereocenters. The van der Waals surface area contributed by atoms with E-state index in [-0.39, 0.29) is 11.9 Å². The van der Waals surface area contributed by atoms with Gasteiger partial charge in [0.2, 0.25) is 0 Å². The van der Waals surface area contributed by atoms with Gasteiger partial charge in [0.25, 0.3) is 0 Å². The van der Waals surface area contributed by atoms with Crippen molar-refractivity contribution < 1.29 is 14.7 Å². The van der Waals surface area contributed by atoms with Gasteiger partial charge < -0.3 is 15.3 Å². The average Bonchev–Trinajstić information content (AvgIpc) is 2.94.